The van der Waals surface area contributed by atoms with Crippen LogP contribution in [0.15, 0.2) is 59.3 Å². The highest BCUT2D eigenvalue weighted by atomic mass is 32.1. The van der Waals surface area contributed by atoms with Gasteiger partial charge in [-0.2, -0.15) is 0 Å². The summed E-state index contributed by atoms with van der Waals surface area (Å²) in [4.78, 5) is 42.9. The molecule has 162 valence electrons. The highest BCUT2D eigenvalue weighted by Crippen LogP contribution is 2.31. The van der Waals surface area contributed by atoms with E-state index in [1.165, 1.54) is 29.6 Å². The number of hydrogen-bond donors (Lipinski definition) is 3. The number of aromatic nitrogens is 1. The smallest absolute Gasteiger partial charge is 0.265 e. The molecular formula is C22H18N4O3S3. The van der Waals surface area contributed by atoms with Crippen LogP contribution in [-0.4, -0.2) is 22.7 Å². The van der Waals surface area contributed by atoms with Crippen LogP contribution in [0.25, 0.3) is 10.6 Å². The van der Waals surface area contributed by atoms with E-state index < -0.39 is 0 Å². The SMILES string of the molecule is CC(=O)NCc1ccc(-c2csc(NC(=O)c3ccc(NC(=O)c4cccs4)cc3)n2)s1. The Morgan fingerprint density at radius 2 is 1.75 bits per heavy atom. The fraction of sp³-hybridized carbons (Fsp3) is 0.0909. The van der Waals surface area contributed by atoms with Gasteiger partial charge in [0.25, 0.3) is 11.8 Å². The molecule has 10 heteroatoms. The number of thiazole rings is 1. The molecule has 0 aliphatic heterocycles. The van der Waals surface area contributed by atoms with Gasteiger partial charge in [0.2, 0.25) is 5.91 Å². The van der Waals surface area contributed by atoms with E-state index in [4.69, 9.17) is 0 Å². The molecule has 0 spiro atoms. The number of benzene rings is 1. The molecular weight excluding hydrogens is 464 g/mol. The maximum Gasteiger partial charge on any atom is 0.265 e. The van der Waals surface area contributed by atoms with Gasteiger partial charge in [0.1, 0.15) is 0 Å². The van der Waals surface area contributed by atoms with Crippen LogP contribution in [0.1, 0.15) is 31.8 Å². The quantitative estimate of drug-likeness (QED) is 0.342. The summed E-state index contributed by atoms with van der Waals surface area (Å²) in [5, 5.41) is 12.6. The maximum absolute atomic E-state index is 12.6. The average Bonchev–Trinajstić information content (AvgIpc) is 3.54. The Hall–Kier alpha value is -3.34. The molecule has 3 amide bonds. The molecule has 0 aliphatic carbocycles. The molecule has 0 saturated carbocycles. The zero-order chi connectivity index (χ0) is 22.5. The van der Waals surface area contributed by atoms with Gasteiger partial charge in [0, 0.05) is 28.4 Å². The third-order valence-electron chi connectivity index (χ3n) is 4.30. The molecule has 7 nitrogen and oxygen atoms in total. The van der Waals surface area contributed by atoms with E-state index in [1.54, 1.807) is 41.7 Å². The lowest BCUT2D eigenvalue weighted by molar-refractivity contribution is -0.119. The van der Waals surface area contributed by atoms with E-state index in [0.717, 1.165) is 15.4 Å². The number of hydrogen-bond acceptors (Lipinski definition) is 7. The molecule has 0 saturated heterocycles. The summed E-state index contributed by atoms with van der Waals surface area (Å²) in [5.41, 5.74) is 1.85. The van der Waals surface area contributed by atoms with Gasteiger partial charge in [-0.05, 0) is 47.8 Å². The molecule has 0 aliphatic rings. The number of amides is 3. The zero-order valence-corrected chi connectivity index (χ0v) is 19.3. The van der Waals surface area contributed by atoms with E-state index in [-0.39, 0.29) is 17.7 Å². The lowest BCUT2D eigenvalue weighted by Crippen LogP contribution is -2.17. The van der Waals surface area contributed by atoms with Crippen molar-refractivity contribution in [3.05, 3.63) is 74.6 Å². The van der Waals surface area contributed by atoms with E-state index in [0.29, 0.717) is 27.8 Å². The lowest BCUT2D eigenvalue weighted by Gasteiger charge is -2.05. The summed E-state index contributed by atoms with van der Waals surface area (Å²) >= 11 is 4.25. The van der Waals surface area contributed by atoms with Gasteiger partial charge < -0.3 is 10.6 Å². The maximum atomic E-state index is 12.6. The molecule has 3 aromatic heterocycles. The number of carbonyl (C=O) groups is 3. The summed E-state index contributed by atoms with van der Waals surface area (Å²) in [6.07, 6.45) is 0. The van der Waals surface area contributed by atoms with Crippen molar-refractivity contribution < 1.29 is 14.4 Å². The predicted octanol–water partition coefficient (Wildman–Crippen LogP) is 5.07. The van der Waals surface area contributed by atoms with Crippen molar-refractivity contribution in [2.75, 3.05) is 10.6 Å². The van der Waals surface area contributed by atoms with Gasteiger partial charge in [0.15, 0.2) is 5.13 Å². The molecule has 1 aromatic carbocycles. The second-order valence-corrected chi connectivity index (χ2v) is 9.65. The molecule has 0 bridgehead atoms. The molecule has 0 fully saturated rings. The third kappa shape index (κ3) is 5.47. The van der Waals surface area contributed by atoms with Crippen LogP contribution in [-0.2, 0) is 11.3 Å². The topological polar surface area (TPSA) is 100 Å². The molecule has 32 heavy (non-hydrogen) atoms. The van der Waals surface area contributed by atoms with Gasteiger partial charge in [0.05, 0.1) is 22.0 Å². The molecule has 4 aromatic rings. The van der Waals surface area contributed by atoms with Gasteiger partial charge in [-0.25, -0.2) is 4.98 Å². The Morgan fingerprint density at radius 3 is 2.47 bits per heavy atom. The van der Waals surface area contributed by atoms with Crippen molar-refractivity contribution in [2.24, 2.45) is 0 Å². The van der Waals surface area contributed by atoms with Crippen molar-refractivity contribution in [2.45, 2.75) is 13.5 Å². The minimum atomic E-state index is -0.278. The van der Waals surface area contributed by atoms with Gasteiger partial charge >= 0.3 is 0 Å². The molecule has 0 atom stereocenters. The van der Waals surface area contributed by atoms with E-state index in [9.17, 15) is 14.4 Å². The van der Waals surface area contributed by atoms with Crippen molar-refractivity contribution in [1.29, 1.82) is 0 Å². The van der Waals surface area contributed by atoms with Crippen LogP contribution >= 0.6 is 34.0 Å². The molecule has 4 rings (SSSR count). The van der Waals surface area contributed by atoms with Crippen molar-refractivity contribution >= 4 is 62.6 Å². The summed E-state index contributed by atoms with van der Waals surface area (Å²) in [5.74, 6) is -0.530. The number of thiophene rings is 2. The van der Waals surface area contributed by atoms with Crippen molar-refractivity contribution in [3.8, 4) is 10.6 Å². The fourth-order valence-electron chi connectivity index (χ4n) is 2.74. The first-order valence-corrected chi connectivity index (χ1v) is 12.1. The highest BCUT2D eigenvalue weighted by molar-refractivity contribution is 7.17. The number of carbonyl (C=O) groups excluding carboxylic acids is 3. The van der Waals surface area contributed by atoms with Crippen molar-refractivity contribution in [1.82, 2.24) is 10.3 Å². The Morgan fingerprint density at radius 1 is 0.938 bits per heavy atom. The van der Waals surface area contributed by atoms with Crippen molar-refractivity contribution in [3.63, 3.8) is 0 Å². The Labute approximate surface area is 196 Å². The molecule has 0 unspecified atom stereocenters. The first-order valence-electron chi connectivity index (χ1n) is 9.53. The van der Waals surface area contributed by atoms with Crippen LogP contribution in [0.4, 0.5) is 10.8 Å². The Kier molecular flexibility index (Phi) is 6.74. The van der Waals surface area contributed by atoms with E-state index >= 15 is 0 Å². The number of rotatable bonds is 7. The monoisotopic (exact) mass is 482 g/mol. The summed E-state index contributed by atoms with van der Waals surface area (Å²) in [6.45, 7) is 1.97. The molecule has 3 heterocycles. The largest absolute Gasteiger partial charge is 0.351 e. The first kappa shape index (κ1) is 21.9. The van der Waals surface area contributed by atoms with Crippen LogP contribution < -0.4 is 16.0 Å². The predicted molar refractivity (Wildman–Crippen MR) is 130 cm³/mol. The van der Waals surface area contributed by atoms with Gasteiger partial charge in [-0.1, -0.05) is 6.07 Å². The second-order valence-electron chi connectivity index (χ2n) is 6.68. The molecule has 3 N–H and O–H groups in total. The number of anilines is 2. The van der Waals surface area contributed by atoms with Gasteiger partial charge in [-0.15, -0.1) is 34.0 Å². The Balaban J connectivity index is 1.36. The second kappa shape index (κ2) is 9.86. The lowest BCUT2D eigenvalue weighted by atomic mass is 10.2. The number of nitrogens with zero attached hydrogens (tertiary/aromatic N) is 1. The van der Waals surface area contributed by atoms with Crippen LogP contribution in [0.3, 0.4) is 0 Å². The highest BCUT2D eigenvalue weighted by Gasteiger charge is 2.12. The number of nitrogens with one attached hydrogen (secondary N) is 3. The van der Waals surface area contributed by atoms with Gasteiger partial charge in [-0.3, -0.25) is 19.7 Å². The molecule has 0 radical (unpaired) electrons. The normalized spacial score (nSPS) is 10.5. The van der Waals surface area contributed by atoms with Crippen LogP contribution in [0.5, 0.6) is 0 Å². The van der Waals surface area contributed by atoms with Crippen LogP contribution in [0, 0.1) is 0 Å². The standard InChI is InChI=1S/C22H18N4O3S3/c1-13(27)23-11-16-8-9-18(32-16)17-12-31-22(25-17)26-20(28)14-4-6-15(7-5-14)24-21(29)19-3-2-10-30-19/h2-10,12H,11H2,1H3,(H,23,27)(H,24,29)(H,25,26,28). The summed E-state index contributed by atoms with van der Waals surface area (Å²) < 4.78 is 0. The van der Waals surface area contributed by atoms with Crippen LogP contribution in [0.2, 0.25) is 0 Å². The summed E-state index contributed by atoms with van der Waals surface area (Å²) in [6, 6.07) is 14.2. The van der Waals surface area contributed by atoms with E-state index in [2.05, 4.69) is 20.9 Å². The first-order chi connectivity index (χ1) is 15.5. The van der Waals surface area contributed by atoms with E-state index in [1.807, 2.05) is 29.0 Å². The third-order valence-corrected chi connectivity index (χ3v) is 7.03. The Bertz CT molecular complexity index is 1240. The minimum Gasteiger partial charge on any atom is -0.351 e. The average molecular weight is 483 g/mol. The fourth-order valence-corrected chi connectivity index (χ4v) is 5.05. The summed E-state index contributed by atoms with van der Waals surface area (Å²) in [7, 11) is 0. The minimum absolute atomic E-state index is 0.0727. The zero-order valence-electron chi connectivity index (χ0n) is 16.9.